The highest BCUT2D eigenvalue weighted by Crippen LogP contribution is 2.39. The largest absolute Gasteiger partial charge is 0.495 e. The number of rotatable bonds is 6. The molecule has 1 aromatic carbocycles. The summed E-state index contributed by atoms with van der Waals surface area (Å²) in [4.78, 5) is 9.61. The van der Waals surface area contributed by atoms with Gasteiger partial charge < -0.3 is 9.30 Å². The Labute approximate surface area is 188 Å². The second-order valence-corrected chi connectivity index (χ2v) is 8.13. The van der Waals surface area contributed by atoms with Crippen molar-refractivity contribution < 1.29 is 4.74 Å². The molecule has 0 spiro atoms. The van der Waals surface area contributed by atoms with Crippen LogP contribution in [0.2, 0.25) is 5.15 Å². The van der Waals surface area contributed by atoms with Gasteiger partial charge in [0.1, 0.15) is 22.2 Å². The molecule has 0 unspecified atom stereocenters. The molecule has 0 amide bonds. The average Bonchev–Trinajstić information content (AvgIpc) is 3.25. The molecule has 4 rings (SSSR count). The quantitative estimate of drug-likeness (QED) is 0.198. The third-order valence-corrected chi connectivity index (χ3v) is 5.70. The Kier molecular flexibility index (Phi) is 5.84. The molecule has 0 saturated heterocycles. The molecule has 6 nitrogen and oxygen atoms in total. The summed E-state index contributed by atoms with van der Waals surface area (Å²) in [5.74, 6) is 1.36. The van der Waals surface area contributed by atoms with Gasteiger partial charge in [-0.3, -0.25) is 4.68 Å². The van der Waals surface area contributed by atoms with E-state index in [1.807, 2.05) is 37.6 Å². The highest BCUT2D eigenvalue weighted by atomic mass is 79.9. The Bertz CT molecular complexity index is 1270. The molecule has 0 aliphatic rings. The van der Waals surface area contributed by atoms with Crippen molar-refractivity contribution in [3.05, 3.63) is 46.8 Å². The lowest BCUT2D eigenvalue weighted by molar-refractivity contribution is 0.417. The van der Waals surface area contributed by atoms with Crippen LogP contribution in [0.4, 0.5) is 0 Å². The molecule has 0 N–H and O–H groups in total. The molecule has 3 heterocycles. The minimum atomic E-state index is 0.428. The monoisotopic (exact) mass is 487 g/mol. The van der Waals surface area contributed by atoms with Crippen LogP contribution in [0, 0.1) is 13.8 Å². The van der Waals surface area contributed by atoms with Crippen LogP contribution >= 0.6 is 27.5 Å². The first-order valence-corrected chi connectivity index (χ1v) is 11.3. The maximum absolute atomic E-state index is 6.76. The molecule has 156 valence electrons. The van der Waals surface area contributed by atoms with Crippen molar-refractivity contribution in [3.63, 3.8) is 0 Å². The van der Waals surface area contributed by atoms with E-state index in [9.17, 15) is 0 Å². The summed E-state index contributed by atoms with van der Waals surface area (Å²) in [6, 6.07) is 6.13. The summed E-state index contributed by atoms with van der Waals surface area (Å²) in [6.45, 7) is 7.43. The summed E-state index contributed by atoms with van der Waals surface area (Å²) in [5, 5.41) is 7.58. The number of hydrogen-bond acceptors (Lipinski definition) is 4. The molecule has 0 fully saturated rings. The lowest BCUT2D eigenvalue weighted by Gasteiger charge is -2.09. The first-order chi connectivity index (χ1) is 14.5. The molecule has 0 aliphatic heterocycles. The van der Waals surface area contributed by atoms with E-state index < -0.39 is 0 Å². The first-order valence-electron chi connectivity index (χ1n) is 9.78. The topological polar surface area (TPSA) is 57.8 Å². The fraction of sp³-hybridized carbons (Fsp3) is 0.318. The molecular weight excluding hydrogens is 466 g/mol. The predicted molar refractivity (Wildman–Crippen MR) is 126 cm³/mol. The molecule has 30 heavy (non-hydrogen) atoms. The van der Waals surface area contributed by atoms with Crippen LogP contribution in [-0.2, 0) is 13.1 Å². The van der Waals surface area contributed by atoms with Gasteiger partial charge in [-0.1, -0.05) is 39.7 Å². The standard InChI is InChI=1S/C22H23BrClN5O/c1-5-29-16(12-14(3)27-29)21-25-20(24)18-15-10-13(2)11-17(30-4)19(15)28(22(18)26-21)9-7-6-8-23/h6-7,10-12H,5,8-9H2,1-4H3/b7-6+. The van der Waals surface area contributed by atoms with Crippen molar-refractivity contribution in [2.75, 3.05) is 12.4 Å². The number of fused-ring (bicyclic) bond motifs is 3. The lowest BCUT2D eigenvalue weighted by atomic mass is 10.1. The fourth-order valence-electron chi connectivity index (χ4n) is 3.83. The van der Waals surface area contributed by atoms with Crippen molar-refractivity contribution >= 4 is 49.5 Å². The molecular formula is C22H23BrClN5O. The fourth-order valence-corrected chi connectivity index (χ4v) is 4.36. The highest BCUT2D eigenvalue weighted by Gasteiger charge is 2.21. The molecule has 3 aromatic heterocycles. The zero-order chi connectivity index (χ0) is 21.4. The molecule has 0 saturated carbocycles. The number of hydrogen-bond donors (Lipinski definition) is 0. The summed E-state index contributed by atoms with van der Waals surface area (Å²) >= 11 is 10.2. The van der Waals surface area contributed by atoms with Crippen molar-refractivity contribution in [2.24, 2.45) is 0 Å². The van der Waals surface area contributed by atoms with Gasteiger partial charge in [0.15, 0.2) is 5.82 Å². The van der Waals surface area contributed by atoms with Gasteiger partial charge in [-0.15, -0.1) is 0 Å². The third kappa shape index (κ3) is 3.50. The van der Waals surface area contributed by atoms with Crippen LogP contribution < -0.4 is 4.74 Å². The second kappa shape index (κ2) is 8.40. The maximum atomic E-state index is 6.76. The van der Waals surface area contributed by atoms with Gasteiger partial charge >= 0.3 is 0 Å². The zero-order valence-electron chi connectivity index (χ0n) is 17.4. The van der Waals surface area contributed by atoms with Crippen molar-refractivity contribution in [1.82, 2.24) is 24.3 Å². The third-order valence-electron chi connectivity index (χ3n) is 5.05. The number of halogens is 2. The maximum Gasteiger partial charge on any atom is 0.181 e. The Balaban J connectivity index is 2.09. The number of benzene rings is 1. The Morgan fingerprint density at radius 3 is 2.67 bits per heavy atom. The molecule has 0 atom stereocenters. The number of ether oxygens (including phenoxy) is 1. The van der Waals surface area contributed by atoms with Crippen LogP contribution in [-0.4, -0.2) is 36.8 Å². The molecule has 8 heteroatoms. The van der Waals surface area contributed by atoms with E-state index in [2.05, 4.69) is 48.8 Å². The van der Waals surface area contributed by atoms with E-state index in [4.69, 9.17) is 21.3 Å². The van der Waals surface area contributed by atoms with E-state index in [-0.39, 0.29) is 0 Å². The Hall–Kier alpha value is -2.38. The lowest BCUT2D eigenvalue weighted by Crippen LogP contribution is -2.04. The van der Waals surface area contributed by atoms with Crippen molar-refractivity contribution in [2.45, 2.75) is 33.9 Å². The average molecular weight is 489 g/mol. The van der Waals surface area contributed by atoms with Gasteiger partial charge in [0.2, 0.25) is 0 Å². The number of allylic oxidation sites excluding steroid dienone is 2. The van der Waals surface area contributed by atoms with Crippen molar-refractivity contribution in [1.29, 1.82) is 0 Å². The van der Waals surface area contributed by atoms with Gasteiger partial charge in [-0.25, -0.2) is 9.97 Å². The van der Waals surface area contributed by atoms with Gasteiger partial charge in [0.25, 0.3) is 0 Å². The number of aryl methyl sites for hydroxylation is 3. The SMILES string of the molecule is CCn1nc(C)cc1-c1nc(Cl)c2c3cc(C)cc(OC)c3n(C/C=C/CBr)c2n1. The van der Waals surface area contributed by atoms with Crippen LogP contribution in [0.3, 0.4) is 0 Å². The van der Waals surface area contributed by atoms with E-state index in [0.29, 0.717) is 17.5 Å². The highest BCUT2D eigenvalue weighted by molar-refractivity contribution is 9.09. The van der Waals surface area contributed by atoms with Gasteiger partial charge in [-0.05, 0) is 44.5 Å². The molecule has 0 bridgehead atoms. The Morgan fingerprint density at radius 1 is 1.17 bits per heavy atom. The summed E-state index contributed by atoms with van der Waals surface area (Å²) < 4.78 is 9.76. The van der Waals surface area contributed by atoms with Crippen LogP contribution in [0.25, 0.3) is 33.5 Å². The smallest absolute Gasteiger partial charge is 0.181 e. The summed E-state index contributed by atoms with van der Waals surface area (Å²) in [7, 11) is 1.69. The Morgan fingerprint density at radius 2 is 1.97 bits per heavy atom. The van der Waals surface area contributed by atoms with E-state index >= 15 is 0 Å². The number of aromatic nitrogens is 5. The summed E-state index contributed by atoms with van der Waals surface area (Å²) in [5.41, 5.74) is 4.62. The van der Waals surface area contributed by atoms with Crippen LogP contribution in [0.5, 0.6) is 5.75 Å². The predicted octanol–water partition coefficient (Wildman–Crippen LogP) is 5.70. The van der Waals surface area contributed by atoms with Gasteiger partial charge in [0, 0.05) is 23.8 Å². The van der Waals surface area contributed by atoms with Gasteiger partial charge in [-0.2, -0.15) is 5.10 Å². The number of alkyl halides is 1. The minimum Gasteiger partial charge on any atom is -0.495 e. The molecule has 0 radical (unpaired) electrons. The van der Waals surface area contributed by atoms with Gasteiger partial charge in [0.05, 0.1) is 23.7 Å². The number of nitrogens with zero attached hydrogens (tertiary/aromatic N) is 5. The summed E-state index contributed by atoms with van der Waals surface area (Å²) in [6.07, 6.45) is 4.17. The van der Waals surface area contributed by atoms with E-state index in [1.54, 1.807) is 7.11 Å². The van der Waals surface area contributed by atoms with Crippen LogP contribution in [0.15, 0.2) is 30.4 Å². The minimum absolute atomic E-state index is 0.428. The molecule has 4 aromatic rings. The first kappa shape index (κ1) is 20.9. The van der Waals surface area contributed by atoms with Crippen molar-refractivity contribution in [3.8, 4) is 17.3 Å². The zero-order valence-corrected chi connectivity index (χ0v) is 19.8. The van der Waals surface area contributed by atoms with E-state index in [1.165, 1.54) is 0 Å². The second-order valence-electron chi connectivity index (χ2n) is 7.12. The number of methoxy groups -OCH3 is 1. The normalized spacial score (nSPS) is 11.9. The van der Waals surface area contributed by atoms with E-state index in [0.717, 1.165) is 56.5 Å². The van der Waals surface area contributed by atoms with Crippen LogP contribution in [0.1, 0.15) is 18.2 Å². The molecule has 0 aliphatic carbocycles.